The number of hydrogen-bond acceptors (Lipinski definition) is 7. The summed E-state index contributed by atoms with van der Waals surface area (Å²) < 4.78 is 36.9. The molecule has 12 heteroatoms. The van der Waals surface area contributed by atoms with E-state index in [1.807, 2.05) is 0 Å². The van der Waals surface area contributed by atoms with Crippen LogP contribution in [0.1, 0.15) is 87.5 Å². The quantitative estimate of drug-likeness (QED) is 0.449. The standard InChI is InChI=1S/C26H45N3O8S/c1-23(2,3)19(20(30)29-14-16-18(17(29)21(31)32)37-25(7,8)36-16)27-22(33)28-26(12-10-9-11-13-26)15-38(34,35)24(4,5)6/h16-19H,9-15H2,1-8H3,(H,31,32)(H2,27,28,33)/t16-,17-,18-,19+/m0/s1. The molecule has 0 aromatic rings. The van der Waals surface area contributed by atoms with Crippen molar-refractivity contribution in [2.45, 2.75) is 128 Å². The number of hydrogen-bond donors (Lipinski definition) is 3. The summed E-state index contributed by atoms with van der Waals surface area (Å²) in [5.41, 5.74) is -1.71. The number of rotatable bonds is 6. The average molecular weight is 560 g/mol. The van der Waals surface area contributed by atoms with Crippen molar-refractivity contribution < 1.29 is 37.4 Å². The molecule has 2 aliphatic heterocycles. The molecule has 0 unspecified atom stereocenters. The lowest BCUT2D eigenvalue weighted by Crippen LogP contribution is -2.63. The Labute approximate surface area is 226 Å². The van der Waals surface area contributed by atoms with Gasteiger partial charge in [0, 0.05) is 0 Å². The Kier molecular flexibility index (Phi) is 8.25. The summed E-state index contributed by atoms with van der Waals surface area (Å²) in [6.07, 6.45) is 2.14. The number of nitrogens with zero attached hydrogens (tertiary/aromatic N) is 1. The van der Waals surface area contributed by atoms with Gasteiger partial charge in [0.15, 0.2) is 21.7 Å². The van der Waals surface area contributed by atoms with Crippen LogP contribution in [0, 0.1) is 5.41 Å². The molecule has 0 spiro atoms. The van der Waals surface area contributed by atoms with Gasteiger partial charge in [-0.25, -0.2) is 18.0 Å². The smallest absolute Gasteiger partial charge is 0.329 e. The van der Waals surface area contributed by atoms with Crippen LogP contribution in [0.2, 0.25) is 0 Å². The van der Waals surface area contributed by atoms with E-state index in [1.165, 1.54) is 4.90 Å². The Bertz CT molecular complexity index is 1040. The number of carbonyl (C=O) groups is 3. The fraction of sp³-hybridized carbons (Fsp3) is 0.885. The van der Waals surface area contributed by atoms with Crippen LogP contribution >= 0.6 is 0 Å². The van der Waals surface area contributed by atoms with Crippen LogP contribution in [-0.4, -0.2) is 89.0 Å². The summed E-state index contributed by atoms with van der Waals surface area (Å²) in [5, 5.41) is 15.6. The molecule has 38 heavy (non-hydrogen) atoms. The summed E-state index contributed by atoms with van der Waals surface area (Å²) in [5.74, 6) is -2.91. The predicted octanol–water partition coefficient (Wildman–Crippen LogP) is 2.43. The van der Waals surface area contributed by atoms with Gasteiger partial charge in [-0.15, -0.1) is 0 Å². The zero-order valence-corrected chi connectivity index (χ0v) is 24.7. The summed E-state index contributed by atoms with van der Waals surface area (Å²) in [7, 11) is -3.53. The van der Waals surface area contributed by atoms with Crippen LogP contribution in [0.4, 0.5) is 4.79 Å². The third kappa shape index (κ3) is 6.44. The molecule has 3 fully saturated rings. The van der Waals surface area contributed by atoms with E-state index in [0.717, 1.165) is 19.3 Å². The topological polar surface area (TPSA) is 151 Å². The molecule has 0 radical (unpaired) electrons. The Balaban J connectivity index is 1.82. The average Bonchev–Trinajstić information content (AvgIpc) is 3.21. The number of fused-ring (bicyclic) bond motifs is 1. The maximum atomic E-state index is 13.8. The monoisotopic (exact) mass is 559 g/mol. The van der Waals surface area contributed by atoms with Crippen molar-refractivity contribution in [2.75, 3.05) is 12.3 Å². The molecule has 11 nitrogen and oxygen atoms in total. The molecule has 1 saturated carbocycles. The number of aliphatic carboxylic acids is 1. The fourth-order valence-electron chi connectivity index (χ4n) is 5.59. The molecule has 4 atom stereocenters. The number of amides is 3. The first-order valence-corrected chi connectivity index (χ1v) is 15.0. The van der Waals surface area contributed by atoms with Gasteiger partial charge in [0.1, 0.15) is 18.2 Å². The molecule has 3 aliphatic rings. The van der Waals surface area contributed by atoms with Crippen molar-refractivity contribution in [3.63, 3.8) is 0 Å². The van der Waals surface area contributed by atoms with E-state index in [1.54, 1.807) is 55.4 Å². The first-order valence-electron chi connectivity index (χ1n) is 13.4. The van der Waals surface area contributed by atoms with Crippen molar-refractivity contribution in [1.82, 2.24) is 15.5 Å². The van der Waals surface area contributed by atoms with Crippen molar-refractivity contribution in [1.29, 1.82) is 0 Å². The van der Waals surface area contributed by atoms with Gasteiger partial charge in [-0.3, -0.25) is 4.79 Å². The Morgan fingerprint density at radius 2 is 1.61 bits per heavy atom. The van der Waals surface area contributed by atoms with Crippen LogP contribution in [0.25, 0.3) is 0 Å². The van der Waals surface area contributed by atoms with Gasteiger partial charge in [-0.1, -0.05) is 40.0 Å². The zero-order valence-electron chi connectivity index (χ0n) is 23.9. The highest BCUT2D eigenvalue weighted by Gasteiger charge is 2.58. The highest BCUT2D eigenvalue weighted by molar-refractivity contribution is 7.92. The summed E-state index contributed by atoms with van der Waals surface area (Å²) in [6.45, 7) is 13.7. The maximum Gasteiger partial charge on any atom is 0.329 e. The number of carboxylic acid groups (broad SMARTS) is 1. The number of ether oxygens (including phenoxy) is 2. The normalized spacial score (nSPS) is 27.9. The van der Waals surface area contributed by atoms with E-state index in [4.69, 9.17) is 9.47 Å². The summed E-state index contributed by atoms with van der Waals surface area (Å²) in [4.78, 5) is 40.6. The lowest BCUT2D eigenvalue weighted by molar-refractivity contribution is -0.175. The SMILES string of the molecule is CC1(C)O[C@H]2[C@H](CN(C(=O)[C@@H](NC(=O)NC3(CS(=O)(=O)C(C)(C)C)CCCCC3)C(C)(C)C)[C@@H]2C(=O)O)O1. The summed E-state index contributed by atoms with van der Waals surface area (Å²) in [6, 6.07) is -2.98. The number of urea groups is 1. The Morgan fingerprint density at radius 3 is 2.11 bits per heavy atom. The van der Waals surface area contributed by atoms with Gasteiger partial charge < -0.3 is 30.1 Å². The van der Waals surface area contributed by atoms with Crippen LogP contribution < -0.4 is 10.6 Å². The number of nitrogens with one attached hydrogen (secondary N) is 2. The number of carbonyl (C=O) groups excluding carboxylic acids is 2. The van der Waals surface area contributed by atoms with E-state index in [9.17, 15) is 27.9 Å². The molecule has 0 bridgehead atoms. The second-order valence-corrected chi connectivity index (χ2v) is 16.3. The highest BCUT2D eigenvalue weighted by atomic mass is 32.2. The highest BCUT2D eigenvalue weighted by Crippen LogP contribution is 2.38. The molecular weight excluding hydrogens is 514 g/mol. The molecule has 3 rings (SSSR count). The lowest BCUT2D eigenvalue weighted by atomic mass is 9.83. The number of sulfone groups is 1. The second-order valence-electron chi connectivity index (χ2n) is 13.5. The van der Waals surface area contributed by atoms with Crippen molar-refractivity contribution in [2.24, 2.45) is 5.41 Å². The predicted molar refractivity (Wildman–Crippen MR) is 141 cm³/mol. The van der Waals surface area contributed by atoms with Crippen LogP contribution in [0.5, 0.6) is 0 Å². The van der Waals surface area contributed by atoms with E-state index in [0.29, 0.717) is 12.8 Å². The minimum Gasteiger partial charge on any atom is -0.480 e. The van der Waals surface area contributed by atoms with Crippen molar-refractivity contribution in [3.05, 3.63) is 0 Å². The molecule has 3 amide bonds. The first-order chi connectivity index (χ1) is 17.2. The van der Waals surface area contributed by atoms with E-state index < -0.39 is 73.5 Å². The maximum absolute atomic E-state index is 13.8. The van der Waals surface area contributed by atoms with E-state index >= 15 is 0 Å². The summed E-state index contributed by atoms with van der Waals surface area (Å²) >= 11 is 0. The first kappa shape index (κ1) is 30.6. The van der Waals surface area contributed by atoms with E-state index in [-0.39, 0.29) is 12.3 Å². The molecule has 0 aromatic carbocycles. The number of carboxylic acids is 1. The van der Waals surface area contributed by atoms with Crippen LogP contribution in [0.3, 0.4) is 0 Å². The Morgan fingerprint density at radius 1 is 1.03 bits per heavy atom. The van der Waals surface area contributed by atoms with Crippen molar-refractivity contribution >= 4 is 27.7 Å². The molecule has 2 saturated heterocycles. The minimum absolute atomic E-state index is 0.0214. The lowest BCUT2D eigenvalue weighted by Gasteiger charge is -2.41. The van der Waals surface area contributed by atoms with Gasteiger partial charge in [0.2, 0.25) is 5.91 Å². The third-order valence-electron chi connectivity index (χ3n) is 7.76. The molecule has 218 valence electrons. The second kappa shape index (κ2) is 10.2. The fourth-order valence-corrected chi connectivity index (χ4v) is 7.12. The van der Waals surface area contributed by atoms with E-state index in [2.05, 4.69) is 10.6 Å². The van der Waals surface area contributed by atoms with Gasteiger partial charge >= 0.3 is 12.0 Å². The number of likely N-dealkylation sites (tertiary alicyclic amines) is 1. The van der Waals surface area contributed by atoms with Gasteiger partial charge in [0.25, 0.3) is 0 Å². The van der Waals surface area contributed by atoms with Gasteiger partial charge in [-0.2, -0.15) is 0 Å². The van der Waals surface area contributed by atoms with Gasteiger partial charge in [0.05, 0.1) is 22.6 Å². The molecular formula is C26H45N3O8S. The zero-order chi connectivity index (χ0) is 28.9. The van der Waals surface area contributed by atoms with Crippen LogP contribution in [0.15, 0.2) is 0 Å². The van der Waals surface area contributed by atoms with Crippen LogP contribution in [-0.2, 0) is 28.9 Å². The molecule has 3 N–H and O–H groups in total. The minimum atomic E-state index is -3.53. The van der Waals surface area contributed by atoms with Gasteiger partial charge in [-0.05, 0) is 52.9 Å². The van der Waals surface area contributed by atoms with Crippen molar-refractivity contribution in [3.8, 4) is 0 Å². The molecule has 0 aromatic heterocycles. The largest absolute Gasteiger partial charge is 0.480 e. The molecule has 2 heterocycles. The molecule has 1 aliphatic carbocycles. The third-order valence-corrected chi connectivity index (χ3v) is 10.6. The Hall–Kier alpha value is -1.92.